The maximum absolute atomic E-state index is 10.8. The molecule has 0 saturated heterocycles. The molecule has 0 saturated carbocycles. The Morgan fingerprint density at radius 2 is 2.10 bits per heavy atom. The highest BCUT2D eigenvalue weighted by Crippen LogP contribution is 2.32. The van der Waals surface area contributed by atoms with Gasteiger partial charge in [0, 0.05) is 12.3 Å². The molecule has 102 valence electrons. The standard InChI is InChI=1S/C16H15NO3/c18-16(19)12-8-9-15(17-10-12)20-14-7-3-5-11-4-1-2-6-13(11)14/h1-2,4,6,8-10,14H,3,5,7H2,(H,18,19). The molecule has 0 aliphatic heterocycles. The lowest BCUT2D eigenvalue weighted by atomic mass is 9.89. The number of hydrogen-bond donors (Lipinski definition) is 1. The number of carboxylic acids is 1. The highest BCUT2D eigenvalue weighted by atomic mass is 16.5. The van der Waals surface area contributed by atoms with E-state index in [1.165, 1.54) is 23.4 Å². The maximum Gasteiger partial charge on any atom is 0.337 e. The van der Waals surface area contributed by atoms with Crippen molar-refractivity contribution >= 4 is 5.97 Å². The second-order valence-electron chi connectivity index (χ2n) is 4.89. The van der Waals surface area contributed by atoms with E-state index >= 15 is 0 Å². The van der Waals surface area contributed by atoms with E-state index in [1.54, 1.807) is 6.07 Å². The second kappa shape index (κ2) is 5.33. The largest absolute Gasteiger partial charge is 0.478 e. The number of fused-ring (bicyclic) bond motifs is 1. The minimum absolute atomic E-state index is 0.00290. The van der Waals surface area contributed by atoms with Crippen LogP contribution < -0.4 is 4.74 Å². The van der Waals surface area contributed by atoms with Gasteiger partial charge >= 0.3 is 5.97 Å². The number of rotatable bonds is 3. The van der Waals surface area contributed by atoms with Crippen LogP contribution in [0, 0.1) is 0 Å². The number of aromatic nitrogens is 1. The Morgan fingerprint density at radius 3 is 2.85 bits per heavy atom. The number of carbonyl (C=O) groups is 1. The normalized spacial score (nSPS) is 17.3. The van der Waals surface area contributed by atoms with Crippen LogP contribution in [0.2, 0.25) is 0 Å². The van der Waals surface area contributed by atoms with Gasteiger partial charge in [0.05, 0.1) is 5.56 Å². The number of carboxylic acid groups (broad SMARTS) is 1. The van der Waals surface area contributed by atoms with Crippen LogP contribution in [0.4, 0.5) is 0 Å². The number of hydrogen-bond acceptors (Lipinski definition) is 3. The third-order valence-electron chi connectivity index (χ3n) is 3.56. The van der Waals surface area contributed by atoms with Crippen LogP contribution in [0.15, 0.2) is 42.6 Å². The van der Waals surface area contributed by atoms with Gasteiger partial charge in [-0.1, -0.05) is 24.3 Å². The summed E-state index contributed by atoms with van der Waals surface area (Å²) in [5.74, 6) is -0.510. The molecule has 0 amide bonds. The molecule has 1 aromatic carbocycles. The molecule has 0 spiro atoms. The minimum Gasteiger partial charge on any atom is -0.478 e. The smallest absolute Gasteiger partial charge is 0.337 e. The predicted molar refractivity (Wildman–Crippen MR) is 73.9 cm³/mol. The summed E-state index contributed by atoms with van der Waals surface area (Å²) in [6.07, 6.45) is 4.46. The van der Waals surface area contributed by atoms with E-state index in [4.69, 9.17) is 9.84 Å². The van der Waals surface area contributed by atoms with Crippen molar-refractivity contribution in [3.05, 3.63) is 59.3 Å². The first kappa shape index (κ1) is 12.7. The Morgan fingerprint density at radius 1 is 1.25 bits per heavy atom. The molecular formula is C16H15NO3. The summed E-state index contributed by atoms with van der Waals surface area (Å²) in [6.45, 7) is 0. The lowest BCUT2D eigenvalue weighted by molar-refractivity contribution is 0.0696. The summed E-state index contributed by atoms with van der Waals surface area (Å²) in [4.78, 5) is 14.8. The van der Waals surface area contributed by atoms with Gasteiger partial charge in [-0.2, -0.15) is 0 Å². The van der Waals surface area contributed by atoms with E-state index in [0.29, 0.717) is 5.88 Å². The molecule has 0 radical (unpaired) electrons. The molecule has 1 aromatic heterocycles. The first-order valence-electron chi connectivity index (χ1n) is 6.68. The molecule has 1 unspecified atom stereocenters. The van der Waals surface area contributed by atoms with Gasteiger partial charge in [-0.15, -0.1) is 0 Å². The van der Waals surface area contributed by atoms with E-state index < -0.39 is 5.97 Å². The zero-order valence-electron chi connectivity index (χ0n) is 11.0. The van der Waals surface area contributed by atoms with Crippen molar-refractivity contribution < 1.29 is 14.6 Å². The minimum atomic E-state index is -0.980. The van der Waals surface area contributed by atoms with Crippen LogP contribution >= 0.6 is 0 Å². The molecule has 3 rings (SSSR count). The Hall–Kier alpha value is -2.36. The predicted octanol–water partition coefficient (Wildman–Crippen LogP) is 3.24. The summed E-state index contributed by atoms with van der Waals surface area (Å²) in [7, 11) is 0. The summed E-state index contributed by atoms with van der Waals surface area (Å²) in [6, 6.07) is 11.4. The van der Waals surface area contributed by atoms with Crippen LogP contribution in [-0.2, 0) is 6.42 Å². The van der Waals surface area contributed by atoms with Gasteiger partial charge in [0.1, 0.15) is 6.10 Å². The zero-order valence-corrected chi connectivity index (χ0v) is 11.0. The number of pyridine rings is 1. The Kier molecular flexibility index (Phi) is 3.37. The molecule has 4 heteroatoms. The summed E-state index contributed by atoms with van der Waals surface area (Å²) < 4.78 is 5.91. The molecule has 1 heterocycles. The second-order valence-corrected chi connectivity index (χ2v) is 4.89. The SMILES string of the molecule is O=C(O)c1ccc(OC2CCCc3ccccc32)nc1. The van der Waals surface area contributed by atoms with E-state index in [-0.39, 0.29) is 11.7 Å². The molecule has 1 atom stereocenters. The summed E-state index contributed by atoms with van der Waals surface area (Å²) in [5.41, 5.74) is 2.70. The van der Waals surface area contributed by atoms with Crippen molar-refractivity contribution in [2.24, 2.45) is 0 Å². The van der Waals surface area contributed by atoms with E-state index in [9.17, 15) is 4.79 Å². The quantitative estimate of drug-likeness (QED) is 0.929. The van der Waals surface area contributed by atoms with Gasteiger partial charge in [0.15, 0.2) is 0 Å². The summed E-state index contributed by atoms with van der Waals surface area (Å²) >= 11 is 0. The number of aromatic carboxylic acids is 1. The topological polar surface area (TPSA) is 59.4 Å². The fraction of sp³-hybridized carbons (Fsp3) is 0.250. The van der Waals surface area contributed by atoms with Crippen LogP contribution in [0.25, 0.3) is 0 Å². The van der Waals surface area contributed by atoms with Crippen LogP contribution in [0.3, 0.4) is 0 Å². The lowest BCUT2D eigenvalue weighted by Gasteiger charge is -2.25. The van der Waals surface area contributed by atoms with Crippen LogP contribution in [0.1, 0.15) is 40.4 Å². The van der Waals surface area contributed by atoms with Crippen molar-refractivity contribution in [1.29, 1.82) is 0 Å². The monoisotopic (exact) mass is 269 g/mol. The van der Waals surface area contributed by atoms with Crippen molar-refractivity contribution in [1.82, 2.24) is 4.98 Å². The molecule has 20 heavy (non-hydrogen) atoms. The Bertz CT molecular complexity index is 622. The van der Waals surface area contributed by atoms with Gasteiger partial charge in [-0.05, 0) is 36.5 Å². The van der Waals surface area contributed by atoms with Gasteiger partial charge in [-0.25, -0.2) is 9.78 Å². The number of aryl methyl sites for hydroxylation is 1. The van der Waals surface area contributed by atoms with Crippen molar-refractivity contribution in [2.45, 2.75) is 25.4 Å². The van der Waals surface area contributed by atoms with E-state index in [1.807, 2.05) is 12.1 Å². The fourth-order valence-corrected chi connectivity index (χ4v) is 2.55. The average molecular weight is 269 g/mol. The zero-order chi connectivity index (χ0) is 13.9. The third-order valence-corrected chi connectivity index (χ3v) is 3.56. The van der Waals surface area contributed by atoms with Crippen molar-refractivity contribution in [3.63, 3.8) is 0 Å². The Balaban J connectivity index is 1.80. The van der Waals surface area contributed by atoms with Gasteiger partial charge in [-0.3, -0.25) is 0 Å². The maximum atomic E-state index is 10.8. The highest BCUT2D eigenvalue weighted by Gasteiger charge is 2.21. The van der Waals surface area contributed by atoms with E-state index in [0.717, 1.165) is 19.3 Å². The summed E-state index contributed by atoms with van der Waals surface area (Å²) in [5, 5.41) is 8.85. The van der Waals surface area contributed by atoms with Crippen molar-refractivity contribution in [3.8, 4) is 5.88 Å². The van der Waals surface area contributed by atoms with Crippen LogP contribution in [0.5, 0.6) is 5.88 Å². The van der Waals surface area contributed by atoms with Gasteiger partial charge in [0.2, 0.25) is 5.88 Å². The molecule has 2 aromatic rings. The fourth-order valence-electron chi connectivity index (χ4n) is 2.55. The molecule has 0 fully saturated rings. The highest BCUT2D eigenvalue weighted by molar-refractivity contribution is 5.87. The van der Waals surface area contributed by atoms with Crippen LogP contribution in [-0.4, -0.2) is 16.1 Å². The van der Waals surface area contributed by atoms with Crippen molar-refractivity contribution in [2.75, 3.05) is 0 Å². The number of ether oxygens (including phenoxy) is 1. The third kappa shape index (κ3) is 2.50. The first-order chi connectivity index (χ1) is 9.74. The molecule has 1 aliphatic rings. The molecule has 0 bridgehead atoms. The average Bonchev–Trinajstić information content (AvgIpc) is 2.48. The molecule has 4 nitrogen and oxygen atoms in total. The first-order valence-corrected chi connectivity index (χ1v) is 6.68. The van der Waals surface area contributed by atoms with Gasteiger partial charge in [0.25, 0.3) is 0 Å². The Labute approximate surface area is 117 Å². The van der Waals surface area contributed by atoms with Gasteiger partial charge < -0.3 is 9.84 Å². The lowest BCUT2D eigenvalue weighted by Crippen LogP contribution is -2.15. The molecule has 1 N–H and O–H groups in total. The number of benzene rings is 1. The molecular weight excluding hydrogens is 254 g/mol. The van der Waals surface area contributed by atoms with E-state index in [2.05, 4.69) is 17.1 Å². The number of nitrogens with zero attached hydrogens (tertiary/aromatic N) is 1. The molecule has 1 aliphatic carbocycles.